The number of hydrogen-bond acceptors (Lipinski definition) is 3. The summed E-state index contributed by atoms with van der Waals surface area (Å²) in [6.07, 6.45) is 2.42. The van der Waals surface area contributed by atoms with E-state index in [0.717, 1.165) is 41.0 Å². The summed E-state index contributed by atoms with van der Waals surface area (Å²) in [5.74, 6) is -0.646. The van der Waals surface area contributed by atoms with Gasteiger partial charge in [-0.1, -0.05) is 12.1 Å². The number of nitrogens with zero attached hydrogens (tertiary/aromatic N) is 2. The van der Waals surface area contributed by atoms with E-state index in [1.807, 2.05) is 55.4 Å². The van der Waals surface area contributed by atoms with Gasteiger partial charge in [-0.3, -0.25) is 14.5 Å². The number of carbonyl (C=O) groups is 2. The predicted molar refractivity (Wildman–Crippen MR) is 101 cm³/mol. The van der Waals surface area contributed by atoms with Crippen LogP contribution in [0, 0.1) is 0 Å². The number of aryl methyl sites for hydroxylation is 1. The number of carbonyl (C=O) groups excluding carboxylic acids is 1. The van der Waals surface area contributed by atoms with Crippen LogP contribution in [0.15, 0.2) is 42.5 Å². The van der Waals surface area contributed by atoms with E-state index in [1.54, 1.807) is 0 Å². The zero-order valence-electron chi connectivity index (χ0n) is 15.0. The molecular weight excluding hydrogens is 328 g/mol. The Morgan fingerprint density at radius 2 is 1.85 bits per heavy atom. The van der Waals surface area contributed by atoms with Crippen molar-refractivity contribution < 1.29 is 14.7 Å². The van der Waals surface area contributed by atoms with Crippen LogP contribution in [-0.4, -0.2) is 31.1 Å². The number of anilines is 3. The molecule has 134 valence electrons. The lowest BCUT2D eigenvalue weighted by molar-refractivity contribution is -0.137. The minimum atomic E-state index is -0.801. The summed E-state index contributed by atoms with van der Waals surface area (Å²) in [6, 6.07) is 13.9. The van der Waals surface area contributed by atoms with Gasteiger partial charge in [0.1, 0.15) is 0 Å². The fourth-order valence-corrected chi connectivity index (χ4v) is 3.75. The van der Waals surface area contributed by atoms with Crippen molar-refractivity contribution in [2.75, 3.05) is 23.9 Å². The Morgan fingerprint density at radius 1 is 1.15 bits per heavy atom. The monoisotopic (exact) mass is 350 g/mol. The number of carboxylic acid groups (broad SMARTS) is 1. The summed E-state index contributed by atoms with van der Waals surface area (Å²) in [6.45, 7) is 0. The summed E-state index contributed by atoms with van der Waals surface area (Å²) in [4.78, 5) is 27.8. The summed E-state index contributed by atoms with van der Waals surface area (Å²) in [5, 5.41) is 8.82. The van der Waals surface area contributed by atoms with Gasteiger partial charge in [0.05, 0.1) is 11.1 Å². The van der Waals surface area contributed by atoms with E-state index in [4.69, 9.17) is 5.11 Å². The van der Waals surface area contributed by atoms with Crippen molar-refractivity contribution in [1.82, 2.24) is 0 Å². The van der Waals surface area contributed by atoms with Crippen molar-refractivity contribution >= 4 is 28.9 Å². The van der Waals surface area contributed by atoms with Gasteiger partial charge in [0.25, 0.3) is 0 Å². The van der Waals surface area contributed by atoms with Gasteiger partial charge in [0, 0.05) is 31.9 Å². The van der Waals surface area contributed by atoms with Crippen LogP contribution in [0.3, 0.4) is 0 Å². The molecule has 0 unspecified atom stereocenters. The second-order valence-electron chi connectivity index (χ2n) is 7.38. The van der Waals surface area contributed by atoms with E-state index in [0.29, 0.717) is 6.42 Å². The van der Waals surface area contributed by atoms with Crippen molar-refractivity contribution in [2.24, 2.45) is 0 Å². The van der Waals surface area contributed by atoms with E-state index < -0.39 is 5.97 Å². The molecule has 5 heteroatoms. The Labute approximate surface area is 152 Å². The Hall–Kier alpha value is -2.82. The van der Waals surface area contributed by atoms with Crippen LogP contribution in [0.5, 0.6) is 0 Å². The Balaban J connectivity index is 1.68. The molecule has 0 bridgehead atoms. The van der Waals surface area contributed by atoms with Crippen LogP contribution in [-0.2, 0) is 21.4 Å². The van der Waals surface area contributed by atoms with Crippen LogP contribution in [0.2, 0.25) is 0 Å². The quantitative estimate of drug-likeness (QED) is 0.897. The standard InChI is InChI=1S/C21H22N2O3/c1-22(2)16-8-9-18-17(13-16)21(11-12-21)20(26)23(18)15-6-3-14(4-7-15)5-10-19(24)25/h3-4,6-9,13H,5,10-12H2,1-2H3,(H,24,25). The van der Waals surface area contributed by atoms with Crippen molar-refractivity contribution in [3.63, 3.8) is 0 Å². The average molecular weight is 350 g/mol. The first kappa shape index (κ1) is 16.6. The first-order chi connectivity index (χ1) is 12.4. The van der Waals surface area contributed by atoms with Gasteiger partial charge >= 0.3 is 5.97 Å². The molecule has 5 nitrogen and oxygen atoms in total. The summed E-state index contributed by atoms with van der Waals surface area (Å²) in [5.41, 5.74) is 4.67. The highest BCUT2D eigenvalue weighted by Crippen LogP contribution is 2.59. The summed E-state index contributed by atoms with van der Waals surface area (Å²) in [7, 11) is 4.01. The number of carboxylic acids is 1. The molecule has 4 rings (SSSR count). The fraction of sp³-hybridized carbons (Fsp3) is 0.333. The van der Waals surface area contributed by atoms with Gasteiger partial charge in [-0.2, -0.15) is 0 Å². The molecule has 0 aromatic heterocycles. The highest BCUT2D eigenvalue weighted by atomic mass is 16.4. The number of hydrogen-bond donors (Lipinski definition) is 1. The van der Waals surface area contributed by atoms with Crippen LogP contribution in [0.4, 0.5) is 17.1 Å². The highest BCUT2D eigenvalue weighted by molar-refractivity contribution is 6.14. The Bertz CT molecular complexity index is 883. The summed E-state index contributed by atoms with van der Waals surface area (Å²) >= 11 is 0. The molecule has 26 heavy (non-hydrogen) atoms. The number of fused-ring (bicyclic) bond motifs is 2. The van der Waals surface area contributed by atoms with Gasteiger partial charge < -0.3 is 10.0 Å². The molecule has 0 saturated heterocycles. The second kappa shape index (κ2) is 5.87. The van der Waals surface area contributed by atoms with Gasteiger partial charge in [-0.15, -0.1) is 0 Å². The third kappa shape index (κ3) is 2.55. The van der Waals surface area contributed by atoms with E-state index in [9.17, 15) is 9.59 Å². The number of aliphatic carboxylic acids is 1. The molecule has 2 aromatic carbocycles. The molecule has 0 atom stereocenters. The SMILES string of the molecule is CN(C)c1ccc2c(c1)C1(CC1)C(=O)N2c1ccc(CCC(=O)O)cc1. The number of amides is 1. The lowest BCUT2D eigenvalue weighted by Crippen LogP contribution is -2.27. The van der Waals surface area contributed by atoms with Crippen LogP contribution in [0.1, 0.15) is 30.4 Å². The maximum atomic E-state index is 13.2. The molecule has 1 saturated carbocycles. The van der Waals surface area contributed by atoms with Crippen molar-refractivity contribution in [3.8, 4) is 0 Å². The van der Waals surface area contributed by atoms with Gasteiger partial charge in [-0.25, -0.2) is 0 Å². The molecular formula is C21H22N2O3. The second-order valence-corrected chi connectivity index (χ2v) is 7.38. The molecule has 1 N–H and O–H groups in total. The average Bonchev–Trinajstić information content (AvgIpc) is 3.38. The molecule has 0 radical (unpaired) electrons. The Morgan fingerprint density at radius 3 is 2.42 bits per heavy atom. The maximum absolute atomic E-state index is 13.2. The first-order valence-corrected chi connectivity index (χ1v) is 8.89. The van der Waals surface area contributed by atoms with E-state index in [-0.39, 0.29) is 17.7 Å². The normalized spacial score (nSPS) is 16.7. The number of rotatable bonds is 5. The fourth-order valence-electron chi connectivity index (χ4n) is 3.75. The van der Waals surface area contributed by atoms with Crippen LogP contribution >= 0.6 is 0 Å². The smallest absolute Gasteiger partial charge is 0.303 e. The molecule has 2 aromatic rings. The van der Waals surface area contributed by atoms with Crippen LogP contribution < -0.4 is 9.80 Å². The molecule has 1 spiro atoms. The third-order valence-corrected chi connectivity index (χ3v) is 5.44. The number of benzene rings is 2. The molecule has 1 fully saturated rings. The third-order valence-electron chi connectivity index (χ3n) is 5.44. The van der Waals surface area contributed by atoms with Crippen LogP contribution in [0.25, 0.3) is 0 Å². The lowest BCUT2D eigenvalue weighted by atomic mass is 9.97. The molecule has 1 amide bonds. The van der Waals surface area contributed by atoms with Crippen molar-refractivity contribution in [3.05, 3.63) is 53.6 Å². The van der Waals surface area contributed by atoms with Crippen molar-refractivity contribution in [2.45, 2.75) is 31.1 Å². The minimum Gasteiger partial charge on any atom is -0.481 e. The zero-order chi connectivity index (χ0) is 18.5. The molecule has 1 aliphatic heterocycles. The van der Waals surface area contributed by atoms with E-state index >= 15 is 0 Å². The van der Waals surface area contributed by atoms with E-state index in [2.05, 4.69) is 11.0 Å². The molecule has 2 aliphatic rings. The molecule has 1 heterocycles. The first-order valence-electron chi connectivity index (χ1n) is 8.89. The molecule has 1 aliphatic carbocycles. The summed E-state index contributed by atoms with van der Waals surface area (Å²) < 4.78 is 0. The maximum Gasteiger partial charge on any atom is 0.303 e. The minimum absolute atomic E-state index is 0.112. The highest BCUT2D eigenvalue weighted by Gasteiger charge is 2.59. The Kier molecular flexibility index (Phi) is 3.75. The zero-order valence-corrected chi connectivity index (χ0v) is 15.0. The van der Waals surface area contributed by atoms with E-state index in [1.165, 1.54) is 0 Å². The van der Waals surface area contributed by atoms with Crippen molar-refractivity contribution in [1.29, 1.82) is 0 Å². The largest absolute Gasteiger partial charge is 0.481 e. The van der Waals surface area contributed by atoms with Gasteiger partial charge in [0.15, 0.2) is 0 Å². The van der Waals surface area contributed by atoms with Gasteiger partial charge in [-0.05, 0) is 60.7 Å². The lowest BCUT2D eigenvalue weighted by Gasteiger charge is -2.19. The van der Waals surface area contributed by atoms with Gasteiger partial charge in [0.2, 0.25) is 5.91 Å². The predicted octanol–water partition coefficient (Wildman–Crippen LogP) is 3.48. The topological polar surface area (TPSA) is 60.9 Å².